The van der Waals surface area contributed by atoms with Gasteiger partial charge in [-0.25, -0.2) is 0 Å². The molecule has 2 rings (SSSR count). The molecule has 1 aliphatic heterocycles. The van der Waals surface area contributed by atoms with E-state index < -0.39 is 0 Å². The monoisotopic (exact) mass is 400 g/mol. The molecule has 7 nitrogen and oxygen atoms in total. The molecule has 1 aromatic rings. The Bertz CT molecular complexity index is 691. The van der Waals surface area contributed by atoms with E-state index in [2.05, 4.69) is 5.32 Å². The minimum atomic E-state index is -0.319. The van der Waals surface area contributed by atoms with Crippen molar-refractivity contribution in [2.45, 2.75) is 6.92 Å². The third kappa shape index (κ3) is 5.86. The largest absolute Gasteiger partial charge is 0.340 e. The number of halogens is 2. The number of carbonyl (C=O) groups is 3. The minimum absolute atomic E-state index is 0.0482. The lowest BCUT2D eigenvalue weighted by molar-refractivity contribution is -0.135. The summed E-state index contributed by atoms with van der Waals surface area (Å²) in [6.07, 6.45) is 0. The summed E-state index contributed by atoms with van der Waals surface area (Å²) in [5.41, 5.74) is 0.519. The molecule has 1 saturated heterocycles. The topological polar surface area (TPSA) is 73.0 Å². The SMILES string of the molecule is CC(=O)N1CCN(CC(=O)N(C)CC(=O)Nc2ccc(Cl)c(Cl)c2)CC1. The summed E-state index contributed by atoms with van der Waals surface area (Å²) in [5.74, 6) is -0.418. The second-order valence-electron chi connectivity index (χ2n) is 6.21. The van der Waals surface area contributed by atoms with E-state index in [9.17, 15) is 14.4 Å². The van der Waals surface area contributed by atoms with Gasteiger partial charge in [0.1, 0.15) is 0 Å². The predicted molar refractivity (Wildman–Crippen MR) is 101 cm³/mol. The van der Waals surface area contributed by atoms with Gasteiger partial charge in [-0.15, -0.1) is 0 Å². The molecule has 0 aromatic heterocycles. The van der Waals surface area contributed by atoms with E-state index in [-0.39, 0.29) is 30.8 Å². The van der Waals surface area contributed by atoms with Crippen molar-refractivity contribution in [1.82, 2.24) is 14.7 Å². The van der Waals surface area contributed by atoms with Crippen molar-refractivity contribution >= 4 is 46.6 Å². The predicted octanol–water partition coefficient (Wildman–Crippen LogP) is 1.55. The van der Waals surface area contributed by atoms with Gasteiger partial charge in [0.05, 0.1) is 23.1 Å². The second-order valence-corrected chi connectivity index (χ2v) is 7.02. The molecule has 0 unspecified atom stereocenters. The molecule has 1 heterocycles. The number of anilines is 1. The van der Waals surface area contributed by atoms with E-state index in [4.69, 9.17) is 23.2 Å². The number of piperazine rings is 1. The summed E-state index contributed by atoms with van der Waals surface area (Å²) >= 11 is 11.8. The Morgan fingerprint density at radius 1 is 1.12 bits per heavy atom. The van der Waals surface area contributed by atoms with Crippen LogP contribution in [0, 0.1) is 0 Å². The Morgan fingerprint density at radius 3 is 2.35 bits per heavy atom. The fourth-order valence-electron chi connectivity index (χ4n) is 2.61. The zero-order valence-electron chi connectivity index (χ0n) is 14.8. The molecule has 1 N–H and O–H groups in total. The van der Waals surface area contributed by atoms with Gasteiger partial charge in [-0.1, -0.05) is 23.2 Å². The summed E-state index contributed by atoms with van der Waals surface area (Å²) in [6.45, 7) is 4.23. The lowest BCUT2D eigenvalue weighted by Gasteiger charge is -2.34. The molecule has 0 spiro atoms. The highest BCUT2D eigenvalue weighted by Crippen LogP contribution is 2.24. The maximum atomic E-state index is 12.3. The van der Waals surface area contributed by atoms with Gasteiger partial charge in [0.2, 0.25) is 17.7 Å². The van der Waals surface area contributed by atoms with Crippen LogP contribution in [0.4, 0.5) is 5.69 Å². The average molecular weight is 401 g/mol. The van der Waals surface area contributed by atoms with E-state index in [1.54, 1.807) is 37.1 Å². The van der Waals surface area contributed by atoms with Crippen molar-refractivity contribution in [3.8, 4) is 0 Å². The van der Waals surface area contributed by atoms with Crippen LogP contribution in [0.5, 0.6) is 0 Å². The molecule has 26 heavy (non-hydrogen) atoms. The van der Waals surface area contributed by atoms with Crippen molar-refractivity contribution < 1.29 is 14.4 Å². The highest BCUT2D eigenvalue weighted by molar-refractivity contribution is 6.42. The maximum absolute atomic E-state index is 12.3. The lowest BCUT2D eigenvalue weighted by atomic mass is 10.3. The van der Waals surface area contributed by atoms with Gasteiger partial charge in [-0.2, -0.15) is 0 Å². The molecule has 3 amide bonds. The van der Waals surface area contributed by atoms with Crippen LogP contribution in [0.15, 0.2) is 18.2 Å². The van der Waals surface area contributed by atoms with Crippen molar-refractivity contribution in [3.05, 3.63) is 28.2 Å². The number of nitrogens with one attached hydrogen (secondary N) is 1. The van der Waals surface area contributed by atoms with Crippen LogP contribution in [0.25, 0.3) is 0 Å². The third-order valence-electron chi connectivity index (χ3n) is 4.19. The number of amides is 3. The first-order chi connectivity index (χ1) is 12.3. The highest BCUT2D eigenvalue weighted by Gasteiger charge is 2.22. The van der Waals surface area contributed by atoms with E-state index in [1.807, 2.05) is 4.90 Å². The fraction of sp³-hybridized carbons (Fsp3) is 0.471. The quantitative estimate of drug-likeness (QED) is 0.813. The second kappa shape index (κ2) is 9.21. The zero-order valence-corrected chi connectivity index (χ0v) is 16.3. The van der Waals surface area contributed by atoms with Crippen LogP contribution in [0.2, 0.25) is 10.0 Å². The molecule has 1 aliphatic rings. The molecule has 142 valence electrons. The summed E-state index contributed by atoms with van der Waals surface area (Å²) in [7, 11) is 1.59. The average Bonchev–Trinajstić information content (AvgIpc) is 2.58. The van der Waals surface area contributed by atoms with Crippen molar-refractivity contribution in [2.24, 2.45) is 0 Å². The molecule has 1 fully saturated rings. The van der Waals surface area contributed by atoms with Crippen LogP contribution in [-0.2, 0) is 14.4 Å². The zero-order chi connectivity index (χ0) is 19.3. The Morgan fingerprint density at radius 2 is 1.77 bits per heavy atom. The molecule has 0 radical (unpaired) electrons. The third-order valence-corrected chi connectivity index (χ3v) is 4.93. The molecule has 1 aromatic carbocycles. The standard InChI is InChI=1S/C17H22Cl2N4O3/c1-12(24)23-7-5-22(6-8-23)11-17(26)21(2)10-16(25)20-13-3-4-14(18)15(19)9-13/h3-4,9H,5-8,10-11H2,1-2H3,(H,20,25). The van der Waals surface area contributed by atoms with Crippen LogP contribution < -0.4 is 5.32 Å². The molecule has 0 bridgehead atoms. The van der Waals surface area contributed by atoms with Crippen molar-refractivity contribution in [3.63, 3.8) is 0 Å². The van der Waals surface area contributed by atoms with Crippen molar-refractivity contribution in [1.29, 1.82) is 0 Å². The Kier molecular flexibility index (Phi) is 7.25. The Labute approximate surface area is 162 Å². The number of rotatable bonds is 5. The highest BCUT2D eigenvalue weighted by atomic mass is 35.5. The molecule has 9 heteroatoms. The normalized spacial score (nSPS) is 14.8. The van der Waals surface area contributed by atoms with Gasteiger partial charge in [-0.05, 0) is 18.2 Å². The summed E-state index contributed by atoms with van der Waals surface area (Å²) in [5, 5.41) is 3.43. The summed E-state index contributed by atoms with van der Waals surface area (Å²) < 4.78 is 0. The first-order valence-corrected chi connectivity index (χ1v) is 8.98. The molecular formula is C17H22Cl2N4O3. The first kappa shape index (κ1) is 20.5. The van der Waals surface area contributed by atoms with Gasteiger partial charge in [0, 0.05) is 45.8 Å². The van der Waals surface area contributed by atoms with Crippen molar-refractivity contribution in [2.75, 3.05) is 51.6 Å². The molecule has 0 saturated carbocycles. The molecular weight excluding hydrogens is 379 g/mol. The Hall–Kier alpha value is -1.83. The van der Waals surface area contributed by atoms with E-state index >= 15 is 0 Å². The number of benzene rings is 1. The lowest BCUT2D eigenvalue weighted by Crippen LogP contribution is -2.51. The van der Waals surface area contributed by atoms with Gasteiger partial charge in [-0.3, -0.25) is 19.3 Å². The maximum Gasteiger partial charge on any atom is 0.243 e. The van der Waals surface area contributed by atoms with Crippen LogP contribution in [-0.4, -0.2) is 78.7 Å². The number of likely N-dealkylation sites (N-methyl/N-ethyl adjacent to an activating group) is 1. The van der Waals surface area contributed by atoms with E-state index in [1.165, 1.54) is 4.90 Å². The van der Waals surface area contributed by atoms with Crippen LogP contribution >= 0.6 is 23.2 Å². The smallest absolute Gasteiger partial charge is 0.243 e. The van der Waals surface area contributed by atoms with Gasteiger partial charge >= 0.3 is 0 Å². The van der Waals surface area contributed by atoms with E-state index in [0.717, 1.165) is 0 Å². The summed E-state index contributed by atoms with van der Waals surface area (Å²) in [4.78, 5) is 40.8. The van der Waals surface area contributed by atoms with E-state index in [0.29, 0.717) is 41.9 Å². The van der Waals surface area contributed by atoms with Gasteiger partial charge < -0.3 is 15.1 Å². The minimum Gasteiger partial charge on any atom is -0.340 e. The first-order valence-electron chi connectivity index (χ1n) is 8.23. The molecule has 0 atom stereocenters. The number of nitrogens with zero attached hydrogens (tertiary/aromatic N) is 3. The number of carbonyl (C=O) groups excluding carboxylic acids is 3. The van der Waals surface area contributed by atoms with Gasteiger partial charge in [0.15, 0.2) is 0 Å². The molecule has 0 aliphatic carbocycles. The number of hydrogen-bond acceptors (Lipinski definition) is 4. The number of hydrogen-bond donors (Lipinski definition) is 1. The summed E-state index contributed by atoms with van der Waals surface area (Å²) in [6, 6.07) is 4.79. The Balaban J connectivity index is 1.78. The van der Waals surface area contributed by atoms with Crippen LogP contribution in [0.1, 0.15) is 6.92 Å². The van der Waals surface area contributed by atoms with Gasteiger partial charge in [0.25, 0.3) is 0 Å². The fourth-order valence-corrected chi connectivity index (χ4v) is 2.91. The van der Waals surface area contributed by atoms with Crippen LogP contribution in [0.3, 0.4) is 0 Å².